The van der Waals surface area contributed by atoms with E-state index in [1.807, 2.05) is 0 Å². The van der Waals surface area contributed by atoms with E-state index in [0.717, 1.165) is 0 Å². The minimum atomic E-state index is -5.50. The highest BCUT2D eigenvalue weighted by molar-refractivity contribution is 8.18. The molecular weight excluding hydrogens is 302 g/mol. The second-order valence-corrected chi connectivity index (χ2v) is 5.71. The lowest BCUT2D eigenvalue weighted by Crippen LogP contribution is -2.43. The largest absolute Gasteiger partial charge is 0.455 e. The number of ether oxygens (including phenoxy) is 1. The molecule has 19 heavy (non-hydrogen) atoms. The maximum absolute atomic E-state index is 12.3. The highest BCUT2D eigenvalue weighted by Crippen LogP contribution is 2.29. The summed E-state index contributed by atoms with van der Waals surface area (Å²) in [4.78, 5) is 20.4. The van der Waals surface area contributed by atoms with E-state index in [1.54, 1.807) is 0 Å². The van der Waals surface area contributed by atoms with Crippen LogP contribution in [0.1, 0.15) is 0 Å². The van der Waals surface area contributed by atoms with Gasteiger partial charge in [0.1, 0.15) is 4.86 Å². The van der Waals surface area contributed by atoms with E-state index in [-0.39, 0.29) is 24.7 Å². The number of carbonyl (C=O) groups is 2. The van der Waals surface area contributed by atoms with Crippen molar-refractivity contribution < 1.29 is 40.7 Å². The lowest BCUT2D eigenvalue weighted by molar-refractivity contribution is -0.169. The molecule has 0 atom stereocenters. The van der Waals surface area contributed by atoms with Crippen LogP contribution in [0.15, 0.2) is 0 Å². The molecule has 0 amide bonds. The van der Waals surface area contributed by atoms with Gasteiger partial charge in [-0.15, -0.1) is 0 Å². The molecule has 1 aliphatic heterocycles. The summed E-state index contributed by atoms with van der Waals surface area (Å²) >= 11 is 0. The van der Waals surface area contributed by atoms with Gasteiger partial charge in [0.05, 0.1) is 13.2 Å². The summed E-state index contributed by atoms with van der Waals surface area (Å²) < 4.78 is 78.5. The topological polar surface area (TPSA) is 43.4 Å². The Labute approximate surface area is 105 Å². The van der Waals surface area contributed by atoms with Gasteiger partial charge in [0.25, 0.3) is 11.6 Å². The van der Waals surface area contributed by atoms with Gasteiger partial charge in [0.2, 0.25) is 0 Å². The van der Waals surface area contributed by atoms with Gasteiger partial charge in [-0.3, -0.25) is 9.59 Å². The van der Waals surface area contributed by atoms with Crippen LogP contribution in [0.4, 0.5) is 26.3 Å². The first-order chi connectivity index (χ1) is 8.55. The fourth-order valence-corrected chi connectivity index (χ4v) is 3.36. The third kappa shape index (κ3) is 4.03. The summed E-state index contributed by atoms with van der Waals surface area (Å²) in [5.41, 5.74) is 0. The Morgan fingerprint density at radius 2 is 1.21 bits per heavy atom. The van der Waals surface area contributed by atoms with Crippen molar-refractivity contribution in [2.75, 3.05) is 24.7 Å². The Morgan fingerprint density at radius 3 is 1.53 bits per heavy atom. The molecule has 1 aliphatic rings. The van der Waals surface area contributed by atoms with Crippen molar-refractivity contribution in [3.05, 3.63) is 0 Å². The van der Waals surface area contributed by atoms with Crippen LogP contribution >= 0.6 is 10.5 Å². The molecule has 3 nitrogen and oxygen atoms in total. The molecule has 0 N–H and O–H groups in total. The third-order valence-corrected chi connectivity index (χ3v) is 4.43. The zero-order chi connectivity index (χ0) is 14.8. The van der Waals surface area contributed by atoms with Gasteiger partial charge < -0.3 is 4.74 Å². The first-order valence-electron chi connectivity index (χ1n) is 4.90. The van der Waals surface area contributed by atoms with Crippen LogP contribution in [0.5, 0.6) is 0 Å². The van der Waals surface area contributed by atoms with Crippen LogP contribution in [0, 0.1) is 0 Å². The van der Waals surface area contributed by atoms with Gasteiger partial charge in [0.15, 0.2) is 0 Å². The molecule has 1 heterocycles. The van der Waals surface area contributed by atoms with Crippen LogP contribution in [0.3, 0.4) is 0 Å². The standard InChI is InChI=1S/C9H8F6O3S/c10-8(11,12)6(16)5(7(17)9(13,14)15)19-3-1-18-2-4-19/h1-4H2. The SMILES string of the molecule is O=C(C(C(=O)C(F)(F)F)=S1CCOCC1)C(F)(F)F. The lowest BCUT2D eigenvalue weighted by atomic mass is 10.2. The van der Waals surface area contributed by atoms with E-state index in [4.69, 9.17) is 4.74 Å². The number of halogens is 6. The van der Waals surface area contributed by atoms with Gasteiger partial charge in [0, 0.05) is 11.5 Å². The van der Waals surface area contributed by atoms with Crippen molar-refractivity contribution in [3.63, 3.8) is 0 Å². The monoisotopic (exact) mass is 310 g/mol. The average molecular weight is 310 g/mol. The third-order valence-electron chi connectivity index (χ3n) is 2.16. The number of carbonyl (C=O) groups excluding carboxylic acids is 2. The number of rotatable bonds is 2. The number of Topliss-reactive ketones (excluding diaryl/α,β-unsaturated/α-hetero) is 2. The molecule has 1 rings (SSSR count). The Hall–Kier alpha value is -0.900. The number of hydrogen-bond acceptors (Lipinski definition) is 3. The zero-order valence-electron chi connectivity index (χ0n) is 9.23. The Kier molecular flexibility index (Phi) is 4.77. The van der Waals surface area contributed by atoms with Gasteiger partial charge in [-0.05, 0) is 0 Å². The maximum atomic E-state index is 12.3. The number of alkyl halides is 6. The van der Waals surface area contributed by atoms with Crippen LogP contribution in [-0.2, 0) is 14.3 Å². The molecule has 0 spiro atoms. The van der Waals surface area contributed by atoms with Gasteiger partial charge >= 0.3 is 12.4 Å². The van der Waals surface area contributed by atoms with E-state index in [0.29, 0.717) is 0 Å². The smallest absolute Gasteiger partial charge is 0.380 e. The van der Waals surface area contributed by atoms with E-state index < -0.39 is 39.3 Å². The molecule has 1 saturated heterocycles. The molecule has 0 aromatic rings. The molecule has 0 bridgehead atoms. The Balaban J connectivity index is 3.26. The van der Waals surface area contributed by atoms with Gasteiger partial charge in [-0.25, -0.2) is 0 Å². The first-order valence-corrected chi connectivity index (χ1v) is 6.46. The summed E-state index contributed by atoms with van der Waals surface area (Å²) in [5.74, 6) is -5.81. The second kappa shape index (κ2) is 5.61. The molecule has 0 aromatic carbocycles. The number of hydrogen-bond donors (Lipinski definition) is 0. The zero-order valence-corrected chi connectivity index (χ0v) is 10.0. The summed E-state index contributed by atoms with van der Waals surface area (Å²) in [6, 6.07) is 0. The summed E-state index contributed by atoms with van der Waals surface area (Å²) in [7, 11) is -1.68. The molecule has 0 radical (unpaired) electrons. The van der Waals surface area contributed by atoms with Crippen molar-refractivity contribution >= 4 is 26.9 Å². The summed E-state index contributed by atoms with van der Waals surface area (Å²) in [6.07, 6.45) is -11.0. The minimum Gasteiger partial charge on any atom is -0.380 e. The molecule has 10 heteroatoms. The second-order valence-electron chi connectivity index (χ2n) is 3.50. The van der Waals surface area contributed by atoms with Crippen LogP contribution in [0.2, 0.25) is 0 Å². The quantitative estimate of drug-likeness (QED) is 0.443. The van der Waals surface area contributed by atoms with Crippen molar-refractivity contribution in [2.24, 2.45) is 0 Å². The van der Waals surface area contributed by atoms with Crippen LogP contribution < -0.4 is 0 Å². The normalized spacial score (nSPS) is 18.2. The molecule has 1 fully saturated rings. The Morgan fingerprint density at radius 1 is 0.842 bits per heavy atom. The molecular formula is C9H8F6O3S. The molecule has 0 aromatic heterocycles. The average Bonchev–Trinajstić information content (AvgIpc) is 2.28. The van der Waals surface area contributed by atoms with Crippen molar-refractivity contribution in [2.45, 2.75) is 12.4 Å². The predicted octanol–water partition coefficient (Wildman–Crippen LogP) is 1.72. The molecule has 0 saturated carbocycles. The van der Waals surface area contributed by atoms with Crippen molar-refractivity contribution in [3.8, 4) is 0 Å². The number of ketones is 2. The van der Waals surface area contributed by atoms with E-state index in [2.05, 4.69) is 0 Å². The molecule has 0 aliphatic carbocycles. The van der Waals surface area contributed by atoms with Crippen LogP contribution in [-0.4, -0.2) is 53.5 Å². The highest BCUT2D eigenvalue weighted by Gasteiger charge is 2.51. The van der Waals surface area contributed by atoms with E-state index >= 15 is 0 Å². The lowest BCUT2D eigenvalue weighted by Gasteiger charge is -2.21. The fourth-order valence-electron chi connectivity index (χ4n) is 1.35. The van der Waals surface area contributed by atoms with Gasteiger partial charge in [-0.1, -0.05) is 0 Å². The molecule has 110 valence electrons. The fraction of sp³-hybridized carbons (Fsp3) is 0.667. The van der Waals surface area contributed by atoms with Crippen molar-refractivity contribution in [1.82, 2.24) is 0 Å². The molecule has 0 unspecified atom stereocenters. The minimum absolute atomic E-state index is 0.0805. The van der Waals surface area contributed by atoms with Crippen LogP contribution in [0.25, 0.3) is 0 Å². The van der Waals surface area contributed by atoms with E-state index in [9.17, 15) is 35.9 Å². The van der Waals surface area contributed by atoms with E-state index in [1.165, 1.54) is 0 Å². The van der Waals surface area contributed by atoms with Crippen molar-refractivity contribution in [1.29, 1.82) is 0 Å². The maximum Gasteiger partial charge on any atom is 0.455 e. The Bertz CT molecular complexity index is 387. The summed E-state index contributed by atoms with van der Waals surface area (Å²) in [6.45, 7) is -0.161. The first kappa shape index (κ1) is 16.2. The summed E-state index contributed by atoms with van der Waals surface area (Å²) in [5, 5.41) is 0. The predicted molar refractivity (Wildman–Crippen MR) is 55.3 cm³/mol. The highest BCUT2D eigenvalue weighted by atomic mass is 32.2. The van der Waals surface area contributed by atoms with Gasteiger partial charge in [-0.2, -0.15) is 36.8 Å².